The normalized spacial score (nSPS) is 16.4. The van der Waals surface area contributed by atoms with Crippen LogP contribution in [0.5, 0.6) is 5.75 Å². The molecular weight excluding hydrogens is 428 g/mol. The Morgan fingerprint density at radius 2 is 1.47 bits per heavy atom. The minimum absolute atomic E-state index is 0.130. The summed E-state index contributed by atoms with van der Waals surface area (Å²) in [5.74, 6) is -0.0379. The Bertz CT molecular complexity index is 1220. The van der Waals surface area contributed by atoms with Crippen LogP contribution in [0.2, 0.25) is 0 Å². The molecule has 0 spiro atoms. The molecule has 3 heterocycles. The molecular formula is C27H26N4O3. The van der Waals surface area contributed by atoms with Crippen LogP contribution in [-0.2, 0) is 16.1 Å². The number of hydrogen-bond acceptors (Lipinski definition) is 6. The first-order valence-corrected chi connectivity index (χ1v) is 11.4. The molecule has 0 saturated carbocycles. The van der Waals surface area contributed by atoms with Gasteiger partial charge in [-0.25, -0.2) is 0 Å². The number of anilines is 1. The predicted octanol–water partition coefficient (Wildman–Crippen LogP) is 3.19. The summed E-state index contributed by atoms with van der Waals surface area (Å²) >= 11 is 0. The third kappa shape index (κ3) is 4.01. The maximum absolute atomic E-state index is 13.7. The fraction of sp³-hybridized carbons (Fsp3) is 0.222. The van der Waals surface area contributed by atoms with Gasteiger partial charge >= 0.3 is 0 Å². The number of nitrogens with zero attached hydrogens (tertiary/aromatic N) is 4. The van der Waals surface area contributed by atoms with Gasteiger partial charge in [0.05, 0.1) is 24.9 Å². The number of benzene rings is 2. The second kappa shape index (κ2) is 9.39. The number of methoxy groups -OCH3 is 1. The number of imide groups is 1. The first-order chi connectivity index (χ1) is 16.7. The quantitative estimate of drug-likeness (QED) is 0.533. The van der Waals surface area contributed by atoms with Gasteiger partial charge in [-0.1, -0.05) is 42.5 Å². The molecule has 2 aromatic carbocycles. The number of ether oxygens (including phenoxy) is 1. The van der Waals surface area contributed by atoms with Crippen molar-refractivity contribution in [2.24, 2.45) is 0 Å². The summed E-state index contributed by atoms with van der Waals surface area (Å²) in [6, 6.07) is 23.1. The number of carbonyl (C=O) groups is 2. The van der Waals surface area contributed by atoms with Crippen molar-refractivity contribution in [2.75, 3.05) is 38.2 Å². The van der Waals surface area contributed by atoms with E-state index in [-0.39, 0.29) is 18.4 Å². The number of piperazine rings is 1. The topological polar surface area (TPSA) is 66.0 Å². The molecule has 3 aromatic rings. The molecule has 34 heavy (non-hydrogen) atoms. The van der Waals surface area contributed by atoms with E-state index in [1.165, 1.54) is 4.90 Å². The highest BCUT2D eigenvalue weighted by Crippen LogP contribution is 2.37. The highest BCUT2D eigenvalue weighted by atomic mass is 16.5. The van der Waals surface area contributed by atoms with Crippen LogP contribution in [-0.4, -0.2) is 59.9 Å². The van der Waals surface area contributed by atoms with Crippen molar-refractivity contribution < 1.29 is 14.3 Å². The largest absolute Gasteiger partial charge is 0.496 e. The molecule has 1 aromatic heterocycles. The van der Waals surface area contributed by atoms with Crippen LogP contribution in [0, 0.1) is 0 Å². The summed E-state index contributed by atoms with van der Waals surface area (Å²) in [5.41, 5.74) is 3.29. The maximum atomic E-state index is 13.7. The first-order valence-electron chi connectivity index (χ1n) is 11.4. The molecule has 2 aliphatic heterocycles. The molecule has 1 fully saturated rings. The molecule has 2 aliphatic rings. The van der Waals surface area contributed by atoms with Gasteiger partial charge in [-0.2, -0.15) is 0 Å². The molecule has 1 saturated heterocycles. The predicted molar refractivity (Wildman–Crippen MR) is 130 cm³/mol. The number of rotatable bonds is 6. The van der Waals surface area contributed by atoms with Crippen molar-refractivity contribution in [3.63, 3.8) is 0 Å². The molecule has 0 radical (unpaired) electrons. The van der Waals surface area contributed by atoms with E-state index in [4.69, 9.17) is 4.74 Å². The van der Waals surface area contributed by atoms with Gasteiger partial charge in [0.1, 0.15) is 11.4 Å². The van der Waals surface area contributed by atoms with E-state index in [0.717, 1.165) is 18.8 Å². The molecule has 0 aliphatic carbocycles. The van der Waals surface area contributed by atoms with Crippen molar-refractivity contribution in [1.82, 2.24) is 14.8 Å². The van der Waals surface area contributed by atoms with Crippen molar-refractivity contribution in [1.29, 1.82) is 0 Å². The van der Waals surface area contributed by atoms with E-state index < -0.39 is 0 Å². The Morgan fingerprint density at radius 3 is 2.18 bits per heavy atom. The smallest absolute Gasteiger partial charge is 0.278 e. The summed E-state index contributed by atoms with van der Waals surface area (Å²) in [7, 11) is 1.57. The standard InChI is InChI=1S/C27H26N4O3/c1-34-23-13-6-5-12-22(23)24-25(27(33)31(26(24)32)19-20-9-7-8-14-28-20)30-17-15-29(16-18-30)21-10-3-2-4-11-21/h2-14H,15-19H2,1H3. The summed E-state index contributed by atoms with van der Waals surface area (Å²) in [6.45, 7) is 2.92. The van der Waals surface area contributed by atoms with Gasteiger partial charge < -0.3 is 14.5 Å². The van der Waals surface area contributed by atoms with Crippen molar-refractivity contribution in [3.05, 3.63) is 95.9 Å². The molecule has 2 amide bonds. The lowest BCUT2D eigenvalue weighted by Gasteiger charge is -2.37. The highest BCUT2D eigenvalue weighted by Gasteiger charge is 2.43. The third-order valence-electron chi connectivity index (χ3n) is 6.28. The van der Waals surface area contributed by atoms with Gasteiger partial charge in [0.25, 0.3) is 11.8 Å². The van der Waals surface area contributed by atoms with E-state index in [0.29, 0.717) is 41.4 Å². The molecule has 0 N–H and O–H groups in total. The van der Waals surface area contributed by atoms with Gasteiger partial charge in [0.2, 0.25) is 0 Å². The van der Waals surface area contributed by atoms with Gasteiger partial charge in [0, 0.05) is 43.6 Å². The van der Waals surface area contributed by atoms with Gasteiger partial charge in [-0.15, -0.1) is 0 Å². The van der Waals surface area contributed by atoms with E-state index in [9.17, 15) is 9.59 Å². The lowest BCUT2D eigenvalue weighted by Crippen LogP contribution is -2.47. The summed E-state index contributed by atoms with van der Waals surface area (Å²) in [6.07, 6.45) is 1.67. The average molecular weight is 455 g/mol. The Labute approximate surface area is 198 Å². The fourth-order valence-corrected chi connectivity index (χ4v) is 4.57. The molecule has 7 heteroatoms. The fourth-order valence-electron chi connectivity index (χ4n) is 4.57. The lowest BCUT2D eigenvalue weighted by molar-refractivity contribution is -0.138. The van der Waals surface area contributed by atoms with E-state index in [1.54, 1.807) is 13.3 Å². The minimum atomic E-state index is -0.319. The average Bonchev–Trinajstić information content (AvgIpc) is 3.14. The Hall–Kier alpha value is -4.13. The minimum Gasteiger partial charge on any atom is -0.496 e. The van der Waals surface area contributed by atoms with E-state index in [2.05, 4.69) is 22.0 Å². The SMILES string of the molecule is COc1ccccc1C1=C(N2CCN(c3ccccc3)CC2)C(=O)N(Cc2ccccn2)C1=O. The van der Waals surface area contributed by atoms with Gasteiger partial charge in [-0.3, -0.25) is 19.5 Å². The van der Waals surface area contributed by atoms with Crippen LogP contribution >= 0.6 is 0 Å². The Kier molecular flexibility index (Phi) is 5.99. The molecule has 0 bridgehead atoms. The number of hydrogen-bond donors (Lipinski definition) is 0. The second-order valence-electron chi connectivity index (χ2n) is 8.25. The molecule has 172 valence electrons. The zero-order valence-corrected chi connectivity index (χ0v) is 19.1. The lowest BCUT2D eigenvalue weighted by atomic mass is 10.0. The monoisotopic (exact) mass is 454 g/mol. The second-order valence-corrected chi connectivity index (χ2v) is 8.25. The van der Waals surface area contributed by atoms with Gasteiger partial charge in [0.15, 0.2) is 0 Å². The molecule has 0 atom stereocenters. The number of aromatic nitrogens is 1. The van der Waals surface area contributed by atoms with Crippen molar-refractivity contribution in [3.8, 4) is 5.75 Å². The summed E-state index contributed by atoms with van der Waals surface area (Å²) < 4.78 is 5.55. The van der Waals surface area contributed by atoms with E-state index in [1.807, 2.05) is 65.6 Å². The van der Waals surface area contributed by atoms with Crippen molar-refractivity contribution >= 4 is 23.1 Å². The van der Waals surface area contributed by atoms with Crippen LogP contribution in [0.1, 0.15) is 11.3 Å². The third-order valence-corrected chi connectivity index (χ3v) is 6.28. The van der Waals surface area contributed by atoms with Crippen LogP contribution in [0.25, 0.3) is 5.57 Å². The number of amides is 2. The van der Waals surface area contributed by atoms with Crippen LogP contribution < -0.4 is 9.64 Å². The van der Waals surface area contributed by atoms with Crippen LogP contribution in [0.3, 0.4) is 0 Å². The maximum Gasteiger partial charge on any atom is 0.278 e. The first kappa shape index (κ1) is 21.7. The molecule has 0 unspecified atom stereocenters. The highest BCUT2D eigenvalue weighted by molar-refractivity contribution is 6.35. The summed E-state index contributed by atoms with van der Waals surface area (Å²) in [4.78, 5) is 37.3. The number of para-hydroxylation sites is 2. The van der Waals surface area contributed by atoms with Crippen LogP contribution in [0.4, 0.5) is 5.69 Å². The Morgan fingerprint density at radius 1 is 0.794 bits per heavy atom. The number of carbonyl (C=O) groups excluding carboxylic acids is 2. The van der Waals surface area contributed by atoms with Crippen molar-refractivity contribution in [2.45, 2.75) is 6.54 Å². The molecule has 5 rings (SSSR count). The zero-order chi connectivity index (χ0) is 23.5. The summed E-state index contributed by atoms with van der Waals surface area (Å²) in [5, 5.41) is 0. The van der Waals surface area contributed by atoms with Gasteiger partial charge in [-0.05, 0) is 30.3 Å². The van der Waals surface area contributed by atoms with E-state index >= 15 is 0 Å². The number of pyridine rings is 1. The zero-order valence-electron chi connectivity index (χ0n) is 19.1. The van der Waals surface area contributed by atoms with Crippen LogP contribution in [0.15, 0.2) is 84.7 Å². The Balaban J connectivity index is 1.49. The molecule has 7 nitrogen and oxygen atoms in total.